The molecule has 2 saturated heterocycles. The highest BCUT2D eigenvalue weighted by atomic mass is 19.1. The van der Waals surface area contributed by atoms with Gasteiger partial charge in [0.25, 0.3) is 0 Å². The molecule has 0 radical (unpaired) electrons. The van der Waals surface area contributed by atoms with E-state index in [9.17, 15) is 9.18 Å². The predicted molar refractivity (Wildman–Crippen MR) is 96.8 cm³/mol. The third-order valence-electron chi connectivity index (χ3n) is 5.68. The lowest BCUT2D eigenvalue weighted by Gasteiger charge is -2.48. The van der Waals surface area contributed by atoms with E-state index in [0.29, 0.717) is 19.4 Å². The van der Waals surface area contributed by atoms with Crippen LogP contribution >= 0.6 is 0 Å². The van der Waals surface area contributed by atoms with Crippen LogP contribution in [0.15, 0.2) is 24.4 Å². The monoisotopic (exact) mass is 347 g/mol. The van der Waals surface area contributed by atoms with E-state index in [4.69, 9.17) is 0 Å². The molecule has 1 atom stereocenters. The summed E-state index contributed by atoms with van der Waals surface area (Å²) in [6.07, 6.45) is 8.61. The van der Waals surface area contributed by atoms with E-state index in [1.165, 1.54) is 12.8 Å². The molecule has 1 aromatic heterocycles. The minimum Gasteiger partial charge on any atom is -0.336 e. The average Bonchev–Trinajstić information content (AvgIpc) is 2.63. The minimum absolute atomic E-state index is 0.200. The molecule has 0 N–H and O–H groups in total. The Labute approximate surface area is 150 Å². The molecule has 0 aliphatic carbocycles. The first-order chi connectivity index (χ1) is 12.2. The lowest BCUT2D eigenvalue weighted by atomic mass is 9.73. The standard InChI is InChI=1S/C20H30FN3O/c21-11-3-1-5-13-23-14-6-9-20(16-23)10-8-19(25)24(17-20)15-18-7-2-4-12-22-18/h2,4,7,12H,1,3,5-6,8-11,13-17H2/t20-/m1/s1. The number of amides is 1. The van der Waals surface area contributed by atoms with Crippen molar-refractivity contribution in [1.29, 1.82) is 0 Å². The van der Waals surface area contributed by atoms with Crippen LogP contribution in [0.3, 0.4) is 0 Å². The highest BCUT2D eigenvalue weighted by Crippen LogP contribution is 2.39. The fraction of sp³-hybridized carbons (Fsp3) is 0.700. The number of aromatic nitrogens is 1. The van der Waals surface area contributed by atoms with E-state index < -0.39 is 0 Å². The van der Waals surface area contributed by atoms with Crippen LogP contribution in [0.5, 0.6) is 0 Å². The van der Waals surface area contributed by atoms with Gasteiger partial charge in [-0.2, -0.15) is 0 Å². The zero-order chi connectivity index (χ0) is 17.5. The molecule has 3 heterocycles. The molecule has 3 rings (SSSR count). The van der Waals surface area contributed by atoms with Crippen molar-refractivity contribution in [2.75, 3.05) is 32.9 Å². The summed E-state index contributed by atoms with van der Waals surface area (Å²) in [4.78, 5) is 21.3. The molecule has 2 aliphatic heterocycles. The molecule has 1 aromatic rings. The van der Waals surface area contributed by atoms with Crippen molar-refractivity contribution in [3.8, 4) is 0 Å². The van der Waals surface area contributed by atoms with Gasteiger partial charge in [0.15, 0.2) is 0 Å². The lowest BCUT2D eigenvalue weighted by molar-refractivity contribution is -0.140. The van der Waals surface area contributed by atoms with Gasteiger partial charge < -0.3 is 9.80 Å². The molecular weight excluding hydrogens is 317 g/mol. The summed E-state index contributed by atoms with van der Waals surface area (Å²) in [7, 11) is 0. The van der Waals surface area contributed by atoms with Gasteiger partial charge in [0.2, 0.25) is 5.91 Å². The van der Waals surface area contributed by atoms with E-state index in [0.717, 1.165) is 51.1 Å². The highest BCUT2D eigenvalue weighted by molar-refractivity contribution is 5.77. The van der Waals surface area contributed by atoms with Gasteiger partial charge in [-0.25, -0.2) is 0 Å². The van der Waals surface area contributed by atoms with Gasteiger partial charge in [0.05, 0.1) is 18.9 Å². The highest BCUT2D eigenvalue weighted by Gasteiger charge is 2.41. The van der Waals surface area contributed by atoms with Gasteiger partial charge in [-0.15, -0.1) is 0 Å². The number of nitrogens with zero attached hydrogens (tertiary/aromatic N) is 3. The number of hydrogen-bond donors (Lipinski definition) is 0. The third-order valence-corrected chi connectivity index (χ3v) is 5.68. The van der Waals surface area contributed by atoms with E-state index in [2.05, 4.69) is 9.88 Å². The van der Waals surface area contributed by atoms with Crippen molar-refractivity contribution < 1.29 is 9.18 Å². The second-order valence-electron chi connectivity index (χ2n) is 7.70. The molecule has 5 heteroatoms. The first-order valence-electron chi connectivity index (χ1n) is 9.67. The molecule has 0 unspecified atom stereocenters. The number of alkyl halides is 1. The number of carbonyl (C=O) groups is 1. The van der Waals surface area contributed by atoms with Crippen molar-refractivity contribution in [2.45, 2.75) is 51.5 Å². The molecule has 1 amide bonds. The van der Waals surface area contributed by atoms with Crippen LogP contribution in [0.25, 0.3) is 0 Å². The molecule has 0 saturated carbocycles. The van der Waals surface area contributed by atoms with Gasteiger partial charge >= 0.3 is 0 Å². The van der Waals surface area contributed by atoms with Gasteiger partial charge in [0, 0.05) is 31.1 Å². The largest absolute Gasteiger partial charge is 0.336 e. The number of pyridine rings is 1. The van der Waals surface area contributed by atoms with Crippen molar-refractivity contribution in [2.24, 2.45) is 5.41 Å². The normalized spacial score (nSPS) is 24.8. The maximum absolute atomic E-state index is 12.4. The molecule has 2 aliphatic rings. The first-order valence-corrected chi connectivity index (χ1v) is 9.67. The minimum atomic E-state index is -0.200. The number of halogens is 1. The summed E-state index contributed by atoms with van der Waals surface area (Å²) in [5.74, 6) is 0.261. The van der Waals surface area contributed by atoms with E-state index >= 15 is 0 Å². The molecule has 0 aromatic carbocycles. The predicted octanol–water partition coefficient (Wildman–Crippen LogP) is 3.43. The molecule has 4 nitrogen and oxygen atoms in total. The van der Waals surface area contributed by atoms with Crippen molar-refractivity contribution in [3.63, 3.8) is 0 Å². The van der Waals surface area contributed by atoms with Crippen molar-refractivity contribution >= 4 is 5.91 Å². The smallest absolute Gasteiger partial charge is 0.222 e. The second-order valence-corrected chi connectivity index (χ2v) is 7.70. The number of unbranched alkanes of at least 4 members (excludes halogenated alkanes) is 2. The Morgan fingerprint density at radius 3 is 2.88 bits per heavy atom. The maximum atomic E-state index is 12.4. The van der Waals surface area contributed by atoms with Gasteiger partial charge in [-0.05, 0) is 63.7 Å². The summed E-state index contributed by atoms with van der Waals surface area (Å²) in [5, 5.41) is 0. The Kier molecular flexibility index (Phi) is 6.40. The van der Waals surface area contributed by atoms with Crippen LogP contribution < -0.4 is 0 Å². The Hall–Kier alpha value is -1.49. The van der Waals surface area contributed by atoms with Crippen LogP contribution in [-0.2, 0) is 11.3 Å². The quantitative estimate of drug-likeness (QED) is 0.709. The zero-order valence-corrected chi connectivity index (χ0v) is 15.1. The average molecular weight is 347 g/mol. The topological polar surface area (TPSA) is 36.4 Å². The maximum Gasteiger partial charge on any atom is 0.222 e. The third kappa shape index (κ3) is 5.00. The van der Waals surface area contributed by atoms with E-state index in [-0.39, 0.29) is 18.0 Å². The van der Waals surface area contributed by atoms with E-state index in [1.54, 1.807) is 6.20 Å². The molecule has 25 heavy (non-hydrogen) atoms. The lowest BCUT2D eigenvalue weighted by Crippen LogP contribution is -2.53. The fourth-order valence-corrected chi connectivity index (χ4v) is 4.37. The number of piperidine rings is 2. The zero-order valence-electron chi connectivity index (χ0n) is 15.1. The summed E-state index contributed by atoms with van der Waals surface area (Å²) in [6.45, 7) is 4.56. The van der Waals surface area contributed by atoms with Gasteiger partial charge in [-0.3, -0.25) is 14.2 Å². The number of rotatable bonds is 7. The molecular formula is C20H30FN3O. The van der Waals surface area contributed by atoms with E-state index in [1.807, 2.05) is 23.1 Å². The van der Waals surface area contributed by atoms with Gasteiger partial charge in [0.1, 0.15) is 0 Å². The summed E-state index contributed by atoms with van der Waals surface area (Å²) >= 11 is 0. The van der Waals surface area contributed by atoms with Crippen LogP contribution in [0.1, 0.15) is 50.6 Å². The van der Waals surface area contributed by atoms with Crippen LogP contribution in [0, 0.1) is 5.41 Å². The first kappa shape index (κ1) is 18.3. The Morgan fingerprint density at radius 1 is 1.16 bits per heavy atom. The number of carbonyl (C=O) groups excluding carboxylic acids is 1. The Morgan fingerprint density at radius 2 is 2.08 bits per heavy atom. The Balaban J connectivity index is 1.57. The molecule has 0 bridgehead atoms. The van der Waals surface area contributed by atoms with Crippen LogP contribution in [0.4, 0.5) is 4.39 Å². The summed E-state index contributed by atoms with van der Waals surface area (Å²) in [6, 6.07) is 5.88. The SMILES string of the molecule is O=C1CC[C@@]2(CCCN(CCCCCF)C2)CN1Cc1ccccn1. The number of likely N-dealkylation sites (tertiary alicyclic amines) is 2. The van der Waals surface area contributed by atoms with Crippen molar-refractivity contribution in [3.05, 3.63) is 30.1 Å². The summed E-state index contributed by atoms with van der Waals surface area (Å²) < 4.78 is 12.2. The van der Waals surface area contributed by atoms with Crippen LogP contribution in [-0.4, -0.2) is 53.5 Å². The molecule has 1 spiro atoms. The van der Waals surface area contributed by atoms with Crippen molar-refractivity contribution in [1.82, 2.24) is 14.8 Å². The second kappa shape index (κ2) is 8.75. The number of hydrogen-bond acceptors (Lipinski definition) is 3. The van der Waals surface area contributed by atoms with Crippen LogP contribution in [0.2, 0.25) is 0 Å². The molecule has 2 fully saturated rings. The fourth-order valence-electron chi connectivity index (χ4n) is 4.37. The summed E-state index contributed by atoms with van der Waals surface area (Å²) in [5.41, 5.74) is 1.20. The molecule has 138 valence electrons. The van der Waals surface area contributed by atoms with Gasteiger partial charge in [-0.1, -0.05) is 6.07 Å². The Bertz CT molecular complexity index is 553.